The van der Waals surface area contributed by atoms with E-state index in [-0.39, 0.29) is 0 Å². The predicted octanol–water partition coefficient (Wildman–Crippen LogP) is 2.40. The minimum absolute atomic E-state index is 0.537. The highest BCUT2D eigenvalue weighted by Gasteiger charge is 2.12. The summed E-state index contributed by atoms with van der Waals surface area (Å²) < 4.78 is 5.45. The molecule has 0 radical (unpaired) electrons. The molecule has 0 spiro atoms. The Morgan fingerprint density at radius 2 is 1.82 bits per heavy atom. The minimum Gasteiger partial charge on any atom is -0.496 e. The molecule has 1 aromatic carbocycles. The van der Waals surface area contributed by atoms with Gasteiger partial charge in [-0.1, -0.05) is 12.5 Å². The van der Waals surface area contributed by atoms with Crippen LogP contribution in [-0.4, -0.2) is 13.7 Å². The predicted molar refractivity (Wildman–Crippen MR) is 68.1 cm³/mol. The van der Waals surface area contributed by atoms with Gasteiger partial charge >= 0.3 is 0 Å². The lowest BCUT2D eigenvalue weighted by atomic mass is 9.98. The fourth-order valence-corrected chi connectivity index (χ4v) is 2.55. The van der Waals surface area contributed by atoms with Crippen molar-refractivity contribution in [2.24, 2.45) is 5.90 Å². The summed E-state index contributed by atoms with van der Waals surface area (Å²) in [4.78, 5) is 4.66. The highest BCUT2D eigenvalue weighted by molar-refractivity contribution is 5.43. The van der Waals surface area contributed by atoms with E-state index in [0.717, 1.165) is 12.2 Å². The zero-order valence-electron chi connectivity index (χ0n) is 10.5. The Morgan fingerprint density at radius 1 is 1.12 bits per heavy atom. The fourth-order valence-electron chi connectivity index (χ4n) is 2.55. The quantitative estimate of drug-likeness (QED) is 0.644. The standard InChI is InChI=1S/C14H21NO2/c1-16-14-10-12-6-4-2-3-5-11(12)9-13(14)7-8-17-15/h9-10H,2-8,15H2,1H3. The first-order valence-electron chi connectivity index (χ1n) is 6.35. The summed E-state index contributed by atoms with van der Waals surface area (Å²) >= 11 is 0. The molecule has 1 aliphatic carbocycles. The van der Waals surface area contributed by atoms with Crippen molar-refractivity contribution in [2.45, 2.75) is 38.5 Å². The van der Waals surface area contributed by atoms with Crippen molar-refractivity contribution in [1.29, 1.82) is 0 Å². The van der Waals surface area contributed by atoms with E-state index in [4.69, 9.17) is 10.6 Å². The molecule has 0 saturated heterocycles. The molecule has 0 aliphatic heterocycles. The molecule has 17 heavy (non-hydrogen) atoms. The smallest absolute Gasteiger partial charge is 0.122 e. The highest BCUT2D eigenvalue weighted by Crippen LogP contribution is 2.28. The van der Waals surface area contributed by atoms with Crippen LogP contribution in [0, 0.1) is 0 Å². The largest absolute Gasteiger partial charge is 0.496 e. The van der Waals surface area contributed by atoms with Gasteiger partial charge in [-0.15, -0.1) is 0 Å². The molecule has 0 atom stereocenters. The Labute approximate surface area is 103 Å². The maximum atomic E-state index is 5.45. The lowest BCUT2D eigenvalue weighted by Crippen LogP contribution is -2.06. The molecule has 2 N–H and O–H groups in total. The summed E-state index contributed by atoms with van der Waals surface area (Å²) in [5, 5.41) is 0. The molecule has 0 bridgehead atoms. The number of hydrogen-bond donors (Lipinski definition) is 1. The van der Waals surface area contributed by atoms with E-state index in [1.165, 1.54) is 48.8 Å². The second-order valence-electron chi connectivity index (χ2n) is 4.61. The molecule has 0 amide bonds. The van der Waals surface area contributed by atoms with Gasteiger partial charge in [-0.05, 0) is 48.4 Å². The lowest BCUT2D eigenvalue weighted by Gasteiger charge is -2.13. The van der Waals surface area contributed by atoms with Crippen LogP contribution in [0.4, 0.5) is 0 Å². The van der Waals surface area contributed by atoms with E-state index in [2.05, 4.69) is 17.0 Å². The number of ether oxygens (including phenoxy) is 1. The Bertz CT molecular complexity index is 377. The van der Waals surface area contributed by atoms with E-state index in [9.17, 15) is 0 Å². The maximum absolute atomic E-state index is 5.45. The summed E-state index contributed by atoms with van der Waals surface area (Å²) in [6.07, 6.45) is 7.11. The van der Waals surface area contributed by atoms with Crippen molar-refractivity contribution in [3.63, 3.8) is 0 Å². The van der Waals surface area contributed by atoms with Gasteiger partial charge in [0.2, 0.25) is 0 Å². The van der Waals surface area contributed by atoms with Gasteiger partial charge in [0, 0.05) is 6.42 Å². The van der Waals surface area contributed by atoms with Crippen LogP contribution in [0.1, 0.15) is 36.0 Å². The number of fused-ring (bicyclic) bond motifs is 1. The van der Waals surface area contributed by atoms with Crippen molar-refractivity contribution in [2.75, 3.05) is 13.7 Å². The van der Waals surface area contributed by atoms with Crippen LogP contribution >= 0.6 is 0 Å². The van der Waals surface area contributed by atoms with Gasteiger partial charge in [0.15, 0.2) is 0 Å². The van der Waals surface area contributed by atoms with Gasteiger partial charge in [-0.25, -0.2) is 5.90 Å². The molecule has 0 aromatic heterocycles. The molecule has 2 rings (SSSR count). The van der Waals surface area contributed by atoms with Gasteiger partial charge < -0.3 is 9.57 Å². The average molecular weight is 235 g/mol. The van der Waals surface area contributed by atoms with Crippen LogP contribution in [-0.2, 0) is 24.1 Å². The van der Waals surface area contributed by atoms with Crippen molar-refractivity contribution < 1.29 is 9.57 Å². The lowest BCUT2D eigenvalue weighted by molar-refractivity contribution is 0.140. The third kappa shape index (κ3) is 2.99. The van der Waals surface area contributed by atoms with Gasteiger partial charge in [0.1, 0.15) is 5.75 Å². The first kappa shape index (κ1) is 12.4. The van der Waals surface area contributed by atoms with E-state index in [1.807, 2.05) is 0 Å². The number of aryl methyl sites for hydroxylation is 2. The Balaban J connectivity index is 2.28. The van der Waals surface area contributed by atoms with E-state index < -0.39 is 0 Å². The van der Waals surface area contributed by atoms with Gasteiger partial charge in [0.05, 0.1) is 13.7 Å². The number of rotatable bonds is 4. The monoisotopic (exact) mass is 235 g/mol. The average Bonchev–Trinajstić information content (AvgIpc) is 2.59. The van der Waals surface area contributed by atoms with Crippen LogP contribution in [0.15, 0.2) is 12.1 Å². The molecule has 94 valence electrons. The maximum Gasteiger partial charge on any atom is 0.122 e. The SMILES string of the molecule is COc1cc2c(cc1CCON)CCCCC2. The molecular weight excluding hydrogens is 214 g/mol. The summed E-state index contributed by atoms with van der Waals surface area (Å²) in [5.41, 5.74) is 4.14. The Morgan fingerprint density at radius 3 is 2.47 bits per heavy atom. The van der Waals surface area contributed by atoms with Crippen molar-refractivity contribution in [3.8, 4) is 5.75 Å². The van der Waals surface area contributed by atoms with Crippen LogP contribution in [0.2, 0.25) is 0 Å². The molecule has 0 unspecified atom stereocenters. The molecule has 3 heteroatoms. The number of nitrogens with two attached hydrogens (primary N) is 1. The van der Waals surface area contributed by atoms with Gasteiger partial charge in [-0.3, -0.25) is 0 Å². The Kier molecular flexibility index (Phi) is 4.40. The molecule has 0 heterocycles. The van der Waals surface area contributed by atoms with Crippen LogP contribution < -0.4 is 10.6 Å². The van der Waals surface area contributed by atoms with Crippen molar-refractivity contribution in [1.82, 2.24) is 0 Å². The van der Waals surface area contributed by atoms with E-state index in [1.54, 1.807) is 7.11 Å². The first-order valence-corrected chi connectivity index (χ1v) is 6.35. The van der Waals surface area contributed by atoms with Gasteiger partial charge in [0.25, 0.3) is 0 Å². The second kappa shape index (κ2) is 6.03. The molecule has 1 aromatic rings. The van der Waals surface area contributed by atoms with Crippen LogP contribution in [0.25, 0.3) is 0 Å². The normalized spacial score (nSPS) is 15.2. The topological polar surface area (TPSA) is 44.5 Å². The van der Waals surface area contributed by atoms with E-state index >= 15 is 0 Å². The van der Waals surface area contributed by atoms with Crippen LogP contribution in [0.5, 0.6) is 5.75 Å². The number of methoxy groups -OCH3 is 1. The van der Waals surface area contributed by atoms with Crippen molar-refractivity contribution >= 4 is 0 Å². The summed E-state index contributed by atoms with van der Waals surface area (Å²) in [7, 11) is 1.73. The number of hydrogen-bond acceptors (Lipinski definition) is 3. The molecule has 0 fully saturated rings. The van der Waals surface area contributed by atoms with E-state index in [0.29, 0.717) is 6.61 Å². The molecule has 1 aliphatic rings. The Hall–Kier alpha value is -1.06. The summed E-state index contributed by atoms with van der Waals surface area (Å²) in [5.74, 6) is 6.06. The third-order valence-corrected chi connectivity index (χ3v) is 3.48. The molecular formula is C14H21NO2. The highest BCUT2D eigenvalue weighted by atomic mass is 16.6. The minimum atomic E-state index is 0.537. The zero-order chi connectivity index (χ0) is 12.1. The molecule has 3 nitrogen and oxygen atoms in total. The molecule has 0 saturated carbocycles. The zero-order valence-corrected chi connectivity index (χ0v) is 10.5. The van der Waals surface area contributed by atoms with Gasteiger partial charge in [-0.2, -0.15) is 0 Å². The summed E-state index contributed by atoms with van der Waals surface area (Å²) in [6.45, 7) is 0.537. The first-order chi connectivity index (χ1) is 8.35. The second-order valence-corrected chi connectivity index (χ2v) is 4.61. The third-order valence-electron chi connectivity index (χ3n) is 3.48. The number of benzene rings is 1. The summed E-state index contributed by atoms with van der Waals surface area (Å²) in [6, 6.07) is 4.48. The van der Waals surface area contributed by atoms with Crippen molar-refractivity contribution in [3.05, 3.63) is 28.8 Å². The fraction of sp³-hybridized carbons (Fsp3) is 0.571. The van der Waals surface area contributed by atoms with Crippen LogP contribution in [0.3, 0.4) is 0 Å².